The highest BCUT2D eigenvalue weighted by molar-refractivity contribution is 7.99. The van der Waals surface area contributed by atoms with Gasteiger partial charge in [0, 0.05) is 23.1 Å². The number of halogens is 6. The number of carbonyl (C=O) groups excluding carboxylic acids is 1. The van der Waals surface area contributed by atoms with Crippen molar-refractivity contribution in [2.24, 2.45) is 7.05 Å². The molecule has 3 nitrogen and oxygen atoms in total. The first-order valence-corrected chi connectivity index (χ1v) is 7.40. The van der Waals surface area contributed by atoms with Crippen molar-refractivity contribution in [3.63, 3.8) is 0 Å². The van der Waals surface area contributed by atoms with Crippen molar-refractivity contribution < 1.29 is 31.1 Å². The van der Waals surface area contributed by atoms with Gasteiger partial charge in [0.25, 0.3) is 0 Å². The summed E-state index contributed by atoms with van der Waals surface area (Å²) < 4.78 is 76.1. The van der Waals surface area contributed by atoms with Crippen LogP contribution in [0.2, 0.25) is 0 Å². The van der Waals surface area contributed by atoms with E-state index in [4.69, 9.17) is 0 Å². The van der Waals surface area contributed by atoms with Crippen LogP contribution in [0.5, 0.6) is 0 Å². The molecular formula is C14H10F6N2OS. The van der Waals surface area contributed by atoms with Gasteiger partial charge in [-0.25, -0.2) is 0 Å². The summed E-state index contributed by atoms with van der Waals surface area (Å²) in [5.74, 6) is -1.21. The van der Waals surface area contributed by atoms with E-state index in [1.165, 1.54) is 25.2 Å². The standard InChI is InChI=1S/C14H10F6N2OS/c1-22-10(5-12(21-22)14(18,19)20)8-2-3-9(6-23)11(4-8)24-7-13(15,16)17/h2-6H,7H2,1H3. The number of aryl methyl sites for hydroxylation is 1. The van der Waals surface area contributed by atoms with Crippen molar-refractivity contribution in [2.45, 2.75) is 17.2 Å². The molecule has 0 saturated carbocycles. The van der Waals surface area contributed by atoms with Crippen LogP contribution in [0.1, 0.15) is 16.1 Å². The third kappa shape index (κ3) is 4.31. The van der Waals surface area contributed by atoms with Crippen LogP contribution in [0, 0.1) is 0 Å². The molecule has 2 rings (SSSR count). The molecule has 0 fully saturated rings. The van der Waals surface area contributed by atoms with Crippen LogP contribution in [0.15, 0.2) is 29.2 Å². The van der Waals surface area contributed by atoms with Gasteiger partial charge in [-0.05, 0) is 18.2 Å². The second-order valence-corrected chi connectivity index (χ2v) is 5.83. The average Bonchev–Trinajstić information content (AvgIpc) is 2.86. The largest absolute Gasteiger partial charge is 0.435 e. The number of aromatic nitrogens is 2. The molecule has 0 spiro atoms. The average molecular weight is 368 g/mol. The Morgan fingerprint density at radius 3 is 2.33 bits per heavy atom. The highest BCUT2D eigenvalue weighted by Gasteiger charge is 2.34. The molecule has 10 heteroatoms. The maximum absolute atomic E-state index is 12.7. The Morgan fingerprint density at radius 2 is 1.83 bits per heavy atom. The molecule has 0 aliphatic rings. The lowest BCUT2D eigenvalue weighted by Gasteiger charge is -2.10. The van der Waals surface area contributed by atoms with Gasteiger partial charge in [-0.2, -0.15) is 31.4 Å². The van der Waals surface area contributed by atoms with Gasteiger partial charge in [0.2, 0.25) is 0 Å². The molecule has 0 radical (unpaired) electrons. The second kappa shape index (κ2) is 6.50. The zero-order chi connectivity index (χ0) is 18.1. The summed E-state index contributed by atoms with van der Waals surface area (Å²) in [6.07, 6.45) is -8.67. The van der Waals surface area contributed by atoms with E-state index in [1.54, 1.807) is 0 Å². The number of benzene rings is 1. The lowest BCUT2D eigenvalue weighted by Crippen LogP contribution is -2.10. The second-order valence-electron chi connectivity index (χ2n) is 4.81. The van der Waals surface area contributed by atoms with E-state index in [2.05, 4.69) is 5.10 Å². The molecule has 0 atom stereocenters. The molecule has 0 bridgehead atoms. The van der Waals surface area contributed by atoms with Gasteiger partial charge >= 0.3 is 12.4 Å². The minimum absolute atomic E-state index is 0.0335. The van der Waals surface area contributed by atoms with Crippen LogP contribution in [0.4, 0.5) is 26.3 Å². The van der Waals surface area contributed by atoms with Gasteiger partial charge in [0.1, 0.15) is 0 Å². The zero-order valence-electron chi connectivity index (χ0n) is 12.1. The van der Waals surface area contributed by atoms with Gasteiger partial charge in [-0.1, -0.05) is 6.07 Å². The van der Waals surface area contributed by atoms with Crippen LogP contribution < -0.4 is 0 Å². The minimum atomic E-state index is -4.63. The molecule has 0 aliphatic carbocycles. The first kappa shape index (κ1) is 18.4. The van der Waals surface area contributed by atoms with Gasteiger partial charge < -0.3 is 0 Å². The maximum Gasteiger partial charge on any atom is 0.435 e. The zero-order valence-corrected chi connectivity index (χ0v) is 12.9. The van der Waals surface area contributed by atoms with Gasteiger partial charge in [0.15, 0.2) is 12.0 Å². The number of alkyl halides is 6. The summed E-state index contributed by atoms with van der Waals surface area (Å²) in [5, 5.41) is 3.35. The fourth-order valence-corrected chi connectivity index (χ4v) is 2.76. The number of carbonyl (C=O) groups is 1. The van der Waals surface area contributed by atoms with Crippen LogP contribution in [-0.4, -0.2) is 28.0 Å². The van der Waals surface area contributed by atoms with Crippen molar-refractivity contribution in [1.82, 2.24) is 9.78 Å². The number of thioether (sulfide) groups is 1. The van der Waals surface area contributed by atoms with E-state index >= 15 is 0 Å². The Kier molecular flexibility index (Phi) is 4.97. The smallest absolute Gasteiger partial charge is 0.298 e. The number of hydrogen-bond donors (Lipinski definition) is 0. The minimum Gasteiger partial charge on any atom is -0.298 e. The first-order valence-electron chi connectivity index (χ1n) is 6.41. The van der Waals surface area contributed by atoms with E-state index in [-0.39, 0.29) is 21.7 Å². The van der Waals surface area contributed by atoms with Crippen molar-refractivity contribution in [3.8, 4) is 11.3 Å². The first-order chi connectivity index (χ1) is 11.0. The lowest BCUT2D eigenvalue weighted by atomic mass is 10.1. The van der Waals surface area contributed by atoms with Crippen LogP contribution >= 0.6 is 11.8 Å². The maximum atomic E-state index is 12.7. The van der Waals surface area contributed by atoms with E-state index in [0.717, 1.165) is 10.7 Å². The van der Waals surface area contributed by atoms with Crippen molar-refractivity contribution in [3.05, 3.63) is 35.5 Å². The molecule has 24 heavy (non-hydrogen) atoms. The molecule has 0 saturated heterocycles. The normalized spacial score (nSPS) is 12.5. The molecule has 2 aromatic rings. The van der Waals surface area contributed by atoms with E-state index in [9.17, 15) is 31.1 Å². The molecule has 0 aliphatic heterocycles. The summed E-state index contributed by atoms with van der Waals surface area (Å²) in [7, 11) is 1.29. The lowest BCUT2D eigenvalue weighted by molar-refractivity contribution is -0.141. The Labute approximate surface area is 136 Å². The van der Waals surface area contributed by atoms with E-state index < -0.39 is 23.8 Å². The van der Waals surface area contributed by atoms with Crippen LogP contribution in [0.3, 0.4) is 0 Å². The van der Waals surface area contributed by atoms with E-state index in [0.29, 0.717) is 18.0 Å². The number of rotatable bonds is 4. The van der Waals surface area contributed by atoms with Gasteiger partial charge in [-0.3, -0.25) is 9.48 Å². The Hall–Kier alpha value is -1.97. The third-order valence-electron chi connectivity index (χ3n) is 3.00. The van der Waals surface area contributed by atoms with Crippen molar-refractivity contribution in [2.75, 3.05) is 5.75 Å². The summed E-state index contributed by atoms with van der Waals surface area (Å²) in [4.78, 5) is 11.0. The van der Waals surface area contributed by atoms with E-state index in [1.807, 2.05) is 0 Å². The van der Waals surface area contributed by atoms with Gasteiger partial charge in [-0.15, -0.1) is 11.8 Å². The summed E-state index contributed by atoms with van der Waals surface area (Å²) in [6, 6.07) is 4.67. The topological polar surface area (TPSA) is 34.9 Å². The molecule has 0 N–H and O–H groups in total. The van der Waals surface area contributed by atoms with Crippen molar-refractivity contribution in [1.29, 1.82) is 0 Å². The highest BCUT2D eigenvalue weighted by Crippen LogP contribution is 2.34. The highest BCUT2D eigenvalue weighted by atomic mass is 32.2. The Morgan fingerprint density at radius 1 is 1.17 bits per heavy atom. The molecule has 0 amide bonds. The predicted octanol–water partition coefficient (Wildman–Crippen LogP) is 4.57. The number of hydrogen-bond acceptors (Lipinski definition) is 3. The Bertz CT molecular complexity index is 751. The third-order valence-corrected chi connectivity index (χ3v) is 4.13. The number of nitrogens with zero attached hydrogens (tertiary/aromatic N) is 2. The van der Waals surface area contributed by atoms with Gasteiger partial charge in [0.05, 0.1) is 11.4 Å². The molecule has 0 unspecified atom stereocenters. The molecule has 1 heterocycles. The van der Waals surface area contributed by atoms with Crippen LogP contribution in [-0.2, 0) is 13.2 Å². The molecule has 130 valence electrons. The predicted molar refractivity (Wildman–Crippen MR) is 75.8 cm³/mol. The summed E-state index contributed by atoms with van der Waals surface area (Å²) in [5.41, 5.74) is -0.764. The Balaban J connectivity index is 2.42. The molecule has 1 aromatic carbocycles. The SMILES string of the molecule is Cn1nc(C(F)(F)F)cc1-c1ccc(C=O)c(SCC(F)(F)F)c1. The molecule has 1 aromatic heterocycles. The molecular weight excluding hydrogens is 358 g/mol. The quantitative estimate of drug-likeness (QED) is 0.450. The summed E-state index contributed by atoms with van der Waals surface area (Å²) >= 11 is 0.397. The van der Waals surface area contributed by atoms with Crippen LogP contribution in [0.25, 0.3) is 11.3 Å². The fraction of sp³-hybridized carbons (Fsp3) is 0.286. The fourth-order valence-electron chi connectivity index (χ4n) is 1.95. The monoisotopic (exact) mass is 368 g/mol. The summed E-state index contributed by atoms with van der Waals surface area (Å²) in [6.45, 7) is 0. The van der Waals surface area contributed by atoms with Crippen molar-refractivity contribution >= 4 is 18.0 Å². The number of aldehydes is 1.